The number of hydrogen-bond donors (Lipinski definition) is 1. The SMILES string of the molecule is N(c1ppppp1)c1ppppp1. The molecule has 0 atom stereocenters. The van der Waals surface area contributed by atoms with Gasteiger partial charge in [0.2, 0.25) is 0 Å². The van der Waals surface area contributed by atoms with Crippen molar-refractivity contribution in [3.8, 4) is 0 Å². The molecule has 1 N–H and O–H groups in total. The summed E-state index contributed by atoms with van der Waals surface area (Å²) in [6.07, 6.45) is 0. The highest BCUT2D eigenvalue weighted by atomic mass is 32.4. The number of anilines is 2. The van der Waals surface area contributed by atoms with Crippen molar-refractivity contribution in [1.29, 1.82) is 0 Å². The quantitative estimate of drug-likeness (QED) is 0.570. The molecule has 0 radical (unpaired) electrons. The molecule has 0 fully saturated rings. The van der Waals surface area contributed by atoms with E-state index < -0.39 is 0 Å². The van der Waals surface area contributed by atoms with E-state index in [-0.39, 0.29) is 0 Å². The highest BCUT2D eigenvalue weighted by molar-refractivity contribution is 8.41. The van der Waals surface area contributed by atoms with Crippen molar-refractivity contribution in [2.75, 3.05) is 5.32 Å². The summed E-state index contributed by atoms with van der Waals surface area (Å²) in [5, 5.41) is 6.63. The predicted molar refractivity (Wildman–Crippen MR) is 81.3 cm³/mol. The van der Waals surface area contributed by atoms with Gasteiger partial charge in [0.05, 0.1) is 10.3 Å². The van der Waals surface area contributed by atoms with E-state index in [2.05, 4.69) is 5.32 Å². The van der Waals surface area contributed by atoms with E-state index in [0.29, 0.717) is 0 Å². The molecule has 2 rings (SSSR count). The zero-order chi connectivity index (χ0) is 8.93. The second kappa shape index (κ2) is 7.11. The minimum Gasteiger partial charge on any atom is -0.242 e. The van der Waals surface area contributed by atoms with Crippen molar-refractivity contribution < 1.29 is 0 Å². The maximum Gasteiger partial charge on any atom is 0.0846 e. The molecule has 2 aromatic rings. The Morgan fingerprint density at radius 3 is 1.31 bits per heavy atom. The van der Waals surface area contributed by atoms with Crippen molar-refractivity contribution in [2.24, 2.45) is 0 Å². The Balaban J connectivity index is 2.16. The molecule has 0 saturated carbocycles. The first kappa shape index (κ1) is 12.2. The lowest BCUT2D eigenvalue weighted by molar-refractivity contribution is 1.93. The first-order valence-electron chi connectivity index (χ1n) is 2.99. The average Bonchev–Trinajstić information content (AvgIpc) is 2.21. The molecule has 64 valence electrons. The molecule has 0 saturated heterocycles. The molecule has 0 aliphatic heterocycles. The van der Waals surface area contributed by atoms with Crippen LogP contribution in [0.4, 0.5) is 10.3 Å². The fraction of sp³-hybridized carbons (Fsp3) is 0. The molecule has 0 spiro atoms. The van der Waals surface area contributed by atoms with E-state index in [1.54, 1.807) is 45.3 Å². The zero-order valence-electron chi connectivity index (χ0n) is 5.97. The third-order valence-electron chi connectivity index (χ3n) is 0.941. The summed E-state index contributed by atoms with van der Waals surface area (Å²) in [6, 6.07) is 0. The van der Waals surface area contributed by atoms with Gasteiger partial charge in [-0.2, -0.15) is 0 Å². The molecule has 2 heterocycles. The summed E-state index contributed by atoms with van der Waals surface area (Å²) < 4.78 is 0. The largest absolute Gasteiger partial charge is 0.242 e. The first-order chi connectivity index (χ1) is 6.45. The Bertz CT molecular complexity index is 324. The Morgan fingerprint density at radius 2 is 0.923 bits per heavy atom. The van der Waals surface area contributed by atoms with Gasteiger partial charge >= 0.3 is 0 Å². The third kappa shape index (κ3) is 4.60. The van der Waals surface area contributed by atoms with E-state index in [0.717, 1.165) is 0 Å². The van der Waals surface area contributed by atoms with Crippen LogP contribution in [0.5, 0.6) is 0 Å². The minimum absolute atomic E-state index is 1.49. The van der Waals surface area contributed by atoms with Gasteiger partial charge < -0.3 is 0 Å². The topological polar surface area (TPSA) is 12.0 Å². The van der Waals surface area contributed by atoms with E-state index in [1.165, 1.54) is 41.8 Å². The van der Waals surface area contributed by atoms with Crippen LogP contribution >= 0.6 is 76.8 Å². The standard InChI is InChI=1S/C2HNP10/c3(1-4-8-12-9-5-1)2-6-10-13-11-7-2/h3H. The smallest absolute Gasteiger partial charge is 0.0846 e. The van der Waals surface area contributed by atoms with Crippen LogP contribution in [-0.2, 0) is 0 Å². The van der Waals surface area contributed by atoms with E-state index in [1.807, 2.05) is 0 Å². The average molecular weight is 349 g/mol. The molecular formula is C2HNP10. The van der Waals surface area contributed by atoms with Crippen molar-refractivity contribution >= 4 is 87.1 Å². The molecule has 2 aromatic heterocycles. The third-order valence-corrected chi connectivity index (χ3v) is 25.1. The highest BCUT2D eigenvalue weighted by Crippen LogP contribution is 2.55. The minimum atomic E-state index is 1.49. The number of rotatable bonds is 2. The van der Waals surface area contributed by atoms with Crippen molar-refractivity contribution in [3.63, 3.8) is 0 Å². The van der Waals surface area contributed by atoms with Crippen LogP contribution in [0.1, 0.15) is 0 Å². The predicted octanol–water partition coefficient (Wildman–Crippen LogP) is 9.23. The molecule has 0 aliphatic rings. The lowest BCUT2D eigenvalue weighted by atomic mass is 11.2. The van der Waals surface area contributed by atoms with Gasteiger partial charge in [-0.25, -0.2) is 5.32 Å². The van der Waals surface area contributed by atoms with Gasteiger partial charge in [0.25, 0.3) is 0 Å². The molecule has 0 unspecified atom stereocenters. The zero-order valence-corrected chi connectivity index (χ0v) is 14.9. The summed E-state index contributed by atoms with van der Waals surface area (Å²) in [5.74, 6) is 0. The lowest BCUT2D eigenvalue weighted by Gasteiger charge is -1.98. The monoisotopic (exact) mass is 349 g/mol. The molecule has 11 heteroatoms. The Hall–Kier alpha value is 2.70. The summed E-state index contributed by atoms with van der Waals surface area (Å²) >= 11 is 0. The van der Waals surface area contributed by atoms with Gasteiger partial charge in [-0.15, -0.1) is 0 Å². The van der Waals surface area contributed by atoms with Crippen LogP contribution in [0.2, 0.25) is 0 Å². The van der Waals surface area contributed by atoms with E-state index in [4.69, 9.17) is 0 Å². The van der Waals surface area contributed by atoms with Crippen LogP contribution in [0.3, 0.4) is 0 Å². The molecular weight excluding hydrogens is 348 g/mol. The molecule has 13 heavy (non-hydrogen) atoms. The summed E-state index contributed by atoms with van der Waals surface area (Å²) in [6.45, 7) is 0. The summed E-state index contributed by atoms with van der Waals surface area (Å²) in [4.78, 5) is 0. The van der Waals surface area contributed by atoms with Gasteiger partial charge in [0.1, 0.15) is 0 Å². The Kier molecular flexibility index (Phi) is 6.65. The van der Waals surface area contributed by atoms with Gasteiger partial charge in [-0.05, 0) is 76.8 Å². The summed E-state index contributed by atoms with van der Waals surface area (Å²) in [7, 11) is 15.3. The first-order valence-corrected chi connectivity index (χ1v) is 17.6. The normalized spacial score (nSPS) is 16.0. The van der Waals surface area contributed by atoms with Crippen LogP contribution in [0.15, 0.2) is 0 Å². The summed E-state index contributed by atoms with van der Waals surface area (Å²) in [5.41, 5.74) is 0. The lowest BCUT2D eigenvalue weighted by Crippen LogP contribution is -1.75. The van der Waals surface area contributed by atoms with Gasteiger partial charge in [0.15, 0.2) is 0 Å². The van der Waals surface area contributed by atoms with Crippen LogP contribution in [0, 0.1) is 0 Å². The van der Waals surface area contributed by atoms with Crippen molar-refractivity contribution in [1.82, 2.24) is 0 Å². The molecule has 0 amide bonds. The van der Waals surface area contributed by atoms with Crippen LogP contribution in [-0.4, -0.2) is 0 Å². The second-order valence-electron chi connectivity index (χ2n) is 1.71. The maximum atomic E-state index is 3.61. The van der Waals surface area contributed by atoms with Gasteiger partial charge in [-0.1, -0.05) is 0 Å². The Labute approximate surface area is 92.1 Å². The molecule has 0 bridgehead atoms. The Morgan fingerprint density at radius 1 is 0.538 bits per heavy atom. The second-order valence-corrected chi connectivity index (χ2v) is 21.4. The molecule has 1 nitrogen and oxygen atoms in total. The molecule has 0 aromatic carbocycles. The van der Waals surface area contributed by atoms with Crippen LogP contribution in [0.25, 0.3) is 0 Å². The fourth-order valence-electron chi connectivity index (χ4n) is 0.525. The maximum absolute atomic E-state index is 3.61. The number of nitrogens with one attached hydrogen (secondary N) is 1. The highest BCUT2D eigenvalue weighted by Gasteiger charge is 1.95. The number of hydrogen-bond acceptors (Lipinski definition) is 1. The van der Waals surface area contributed by atoms with Gasteiger partial charge in [0, 0.05) is 0 Å². The van der Waals surface area contributed by atoms with Gasteiger partial charge in [-0.3, -0.25) is 0 Å². The van der Waals surface area contributed by atoms with Crippen molar-refractivity contribution in [3.05, 3.63) is 0 Å². The van der Waals surface area contributed by atoms with Crippen molar-refractivity contribution in [2.45, 2.75) is 0 Å². The fourth-order valence-corrected chi connectivity index (χ4v) is 29.1. The molecule has 0 aliphatic carbocycles. The van der Waals surface area contributed by atoms with E-state index >= 15 is 0 Å². The van der Waals surface area contributed by atoms with E-state index in [9.17, 15) is 0 Å². The van der Waals surface area contributed by atoms with Crippen LogP contribution < -0.4 is 5.32 Å².